The second kappa shape index (κ2) is 8.46. The Hall–Kier alpha value is -1.71. The topological polar surface area (TPSA) is 85.3 Å². The SMILES string of the molecule is COC(=O)C(N)CCSCc1ccc(C#N)c(OC)c1. The van der Waals surface area contributed by atoms with E-state index in [1.807, 2.05) is 12.1 Å². The van der Waals surface area contributed by atoms with E-state index in [4.69, 9.17) is 15.7 Å². The van der Waals surface area contributed by atoms with Gasteiger partial charge in [0.05, 0.1) is 19.8 Å². The average molecular weight is 294 g/mol. The van der Waals surface area contributed by atoms with Gasteiger partial charge in [0, 0.05) is 5.75 Å². The van der Waals surface area contributed by atoms with Gasteiger partial charge in [-0.2, -0.15) is 17.0 Å². The fourth-order valence-corrected chi connectivity index (χ4v) is 2.57. The predicted molar refractivity (Wildman–Crippen MR) is 78.5 cm³/mol. The summed E-state index contributed by atoms with van der Waals surface area (Å²) >= 11 is 1.67. The molecule has 0 saturated carbocycles. The fourth-order valence-electron chi connectivity index (χ4n) is 1.59. The summed E-state index contributed by atoms with van der Waals surface area (Å²) < 4.78 is 9.72. The third-order valence-corrected chi connectivity index (χ3v) is 3.79. The third-order valence-electron chi connectivity index (χ3n) is 2.73. The normalized spacial score (nSPS) is 11.5. The molecular formula is C14H18N2O3S. The second-order valence-corrected chi connectivity index (χ2v) is 5.22. The smallest absolute Gasteiger partial charge is 0.322 e. The third kappa shape index (κ3) is 4.76. The number of methoxy groups -OCH3 is 2. The van der Waals surface area contributed by atoms with Crippen LogP contribution in [0.25, 0.3) is 0 Å². The fraction of sp³-hybridized carbons (Fsp3) is 0.429. The molecule has 0 bridgehead atoms. The van der Waals surface area contributed by atoms with Gasteiger partial charge < -0.3 is 15.2 Å². The van der Waals surface area contributed by atoms with Crippen molar-refractivity contribution in [3.63, 3.8) is 0 Å². The highest BCUT2D eigenvalue weighted by molar-refractivity contribution is 7.98. The van der Waals surface area contributed by atoms with E-state index in [-0.39, 0.29) is 5.97 Å². The summed E-state index contributed by atoms with van der Waals surface area (Å²) in [6.07, 6.45) is 0.574. The molecule has 0 spiro atoms. The quantitative estimate of drug-likeness (QED) is 0.608. The maximum atomic E-state index is 11.1. The molecule has 6 heteroatoms. The number of nitrogens with two attached hydrogens (primary N) is 1. The Morgan fingerprint density at radius 3 is 2.85 bits per heavy atom. The number of nitriles is 1. The van der Waals surface area contributed by atoms with E-state index in [1.165, 1.54) is 7.11 Å². The van der Waals surface area contributed by atoms with Crippen LogP contribution in [0.4, 0.5) is 0 Å². The van der Waals surface area contributed by atoms with Crippen LogP contribution in [-0.2, 0) is 15.3 Å². The van der Waals surface area contributed by atoms with Gasteiger partial charge >= 0.3 is 5.97 Å². The van der Waals surface area contributed by atoms with E-state index < -0.39 is 6.04 Å². The van der Waals surface area contributed by atoms with Crippen molar-refractivity contribution in [2.24, 2.45) is 5.73 Å². The standard InChI is InChI=1S/C14H18N2O3S/c1-18-13-7-10(3-4-11(13)8-15)9-20-6-5-12(16)14(17)19-2/h3-4,7,12H,5-6,9,16H2,1-2H3. The van der Waals surface area contributed by atoms with E-state index >= 15 is 0 Å². The van der Waals surface area contributed by atoms with Gasteiger partial charge in [-0.15, -0.1) is 0 Å². The number of hydrogen-bond acceptors (Lipinski definition) is 6. The largest absolute Gasteiger partial charge is 0.495 e. The molecule has 0 aliphatic carbocycles. The molecule has 108 valence electrons. The molecule has 0 aliphatic heterocycles. The molecule has 2 N–H and O–H groups in total. The van der Waals surface area contributed by atoms with Gasteiger partial charge in [0.25, 0.3) is 0 Å². The van der Waals surface area contributed by atoms with E-state index in [0.29, 0.717) is 17.7 Å². The average Bonchev–Trinajstić information content (AvgIpc) is 2.50. The molecule has 0 fully saturated rings. The van der Waals surface area contributed by atoms with Crippen molar-refractivity contribution >= 4 is 17.7 Å². The van der Waals surface area contributed by atoms with Crippen LogP contribution in [0.1, 0.15) is 17.5 Å². The molecule has 1 aromatic rings. The summed E-state index contributed by atoms with van der Waals surface area (Å²) in [5.74, 6) is 1.73. The highest BCUT2D eigenvalue weighted by Gasteiger charge is 2.12. The van der Waals surface area contributed by atoms with Gasteiger partial charge in [0.1, 0.15) is 17.9 Å². The lowest BCUT2D eigenvalue weighted by atomic mass is 10.1. The molecular weight excluding hydrogens is 276 g/mol. The van der Waals surface area contributed by atoms with Crippen LogP contribution in [0.5, 0.6) is 5.75 Å². The van der Waals surface area contributed by atoms with Gasteiger partial charge in [-0.1, -0.05) is 6.07 Å². The van der Waals surface area contributed by atoms with E-state index in [9.17, 15) is 4.79 Å². The summed E-state index contributed by atoms with van der Waals surface area (Å²) in [7, 11) is 2.88. The zero-order valence-corrected chi connectivity index (χ0v) is 12.4. The lowest BCUT2D eigenvalue weighted by Gasteiger charge is -2.09. The van der Waals surface area contributed by atoms with Crippen molar-refractivity contribution in [1.82, 2.24) is 0 Å². The van der Waals surface area contributed by atoms with Crippen molar-refractivity contribution in [3.8, 4) is 11.8 Å². The first kappa shape index (κ1) is 16.3. The van der Waals surface area contributed by atoms with Crippen LogP contribution in [-0.4, -0.2) is 32.0 Å². The maximum absolute atomic E-state index is 11.1. The first-order chi connectivity index (χ1) is 9.62. The zero-order chi connectivity index (χ0) is 15.0. The maximum Gasteiger partial charge on any atom is 0.322 e. The number of rotatable bonds is 7. The first-order valence-corrected chi connectivity index (χ1v) is 7.26. The molecule has 0 aliphatic rings. The summed E-state index contributed by atoms with van der Waals surface area (Å²) in [5.41, 5.74) is 7.24. The van der Waals surface area contributed by atoms with Gasteiger partial charge in [0.15, 0.2) is 0 Å². The molecule has 0 radical (unpaired) electrons. The van der Waals surface area contributed by atoms with Crippen molar-refractivity contribution in [2.75, 3.05) is 20.0 Å². The number of esters is 1. The molecule has 1 aromatic carbocycles. The Kier molecular flexibility index (Phi) is 6.91. The Morgan fingerprint density at radius 2 is 2.25 bits per heavy atom. The van der Waals surface area contributed by atoms with Crippen LogP contribution in [0, 0.1) is 11.3 Å². The molecule has 0 amide bonds. The Morgan fingerprint density at radius 1 is 1.50 bits per heavy atom. The number of carbonyl (C=O) groups excluding carboxylic acids is 1. The van der Waals surface area contributed by atoms with E-state index in [0.717, 1.165) is 17.1 Å². The molecule has 1 atom stereocenters. The number of ether oxygens (including phenoxy) is 2. The monoisotopic (exact) mass is 294 g/mol. The van der Waals surface area contributed by atoms with Crippen LogP contribution >= 0.6 is 11.8 Å². The number of carbonyl (C=O) groups is 1. The Labute approximate surface area is 123 Å². The minimum absolute atomic E-state index is 0.384. The van der Waals surface area contributed by atoms with Gasteiger partial charge in [-0.25, -0.2) is 0 Å². The minimum Gasteiger partial charge on any atom is -0.495 e. The highest BCUT2D eigenvalue weighted by Crippen LogP contribution is 2.22. The molecule has 0 aromatic heterocycles. The van der Waals surface area contributed by atoms with Gasteiger partial charge in [0.2, 0.25) is 0 Å². The minimum atomic E-state index is -0.567. The number of thioether (sulfide) groups is 1. The highest BCUT2D eigenvalue weighted by atomic mass is 32.2. The molecule has 1 unspecified atom stereocenters. The summed E-state index contributed by atoms with van der Waals surface area (Å²) in [5, 5.41) is 8.90. The molecule has 1 rings (SSSR count). The summed E-state index contributed by atoms with van der Waals surface area (Å²) in [6.45, 7) is 0. The van der Waals surface area contributed by atoms with Crippen LogP contribution < -0.4 is 10.5 Å². The second-order valence-electron chi connectivity index (χ2n) is 4.12. The lowest BCUT2D eigenvalue weighted by molar-refractivity contribution is -0.142. The lowest BCUT2D eigenvalue weighted by Crippen LogP contribution is -2.31. The summed E-state index contributed by atoms with van der Waals surface area (Å²) in [4.78, 5) is 11.1. The van der Waals surface area contributed by atoms with Crippen molar-refractivity contribution in [2.45, 2.75) is 18.2 Å². The first-order valence-electron chi connectivity index (χ1n) is 6.10. The molecule has 0 saturated heterocycles. The summed E-state index contributed by atoms with van der Waals surface area (Å²) in [6, 6.07) is 7.00. The predicted octanol–water partition coefficient (Wildman–Crippen LogP) is 1.69. The van der Waals surface area contributed by atoms with E-state index in [1.54, 1.807) is 24.9 Å². The molecule has 0 heterocycles. The van der Waals surface area contributed by atoms with Crippen molar-refractivity contribution in [1.29, 1.82) is 5.26 Å². The number of nitrogens with zero attached hydrogens (tertiary/aromatic N) is 1. The van der Waals surface area contributed by atoms with Crippen LogP contribution in [0.3, 0.4) is 0 Å². The van der Waals surface area contributed by atoms with Crippen molar-refractivity contribution in [3.05, 3.63) is 29.3 Å². The Bertz CT molecular complexity index is 500. The Balaban J connectivity index is 2.43. The van der Waals surface area contributed by atoms with Crippen molar-refractivity contribution < 1.29 is 14.3 Å². The van der Waals surface area contributed by atoms with Crippen LogP contribution in [0.15, 0.2) is 18.2 Å². The van der Waals surface area contributed by atoms with Crippen LogP contribution in [0.2, 0.25) is 0 Å². The molecule has 20 heavy (non-hydrogen) atoms. The van der Waals surface area contributed by atoms with Gasteiger partial charge in [-0.05, 0) is 29.9 Å². The molecule has 5 nitrogen and oxygen atoms in total. The number of benzene rings is 1. The van der Waals surface area contributed by atoms with Gasteiger partial charge in [-0.3, -0.25) is 4.79 Å². The zero-order valence-electron chi connectivity index (χ0n) is 11.6. The number of hydrogen-bond donors (Lipinski definition) is 1. The van der Waals surface area contributed by atoms with E-state index in [2.05, 4.69) is 10.8 Å².